The van der Waals surface area contributed by atoms with Crippen LogP contribution in [0.5, 0.6) is 0 Å². The van der Waals surface area contributed by atoms with Gasteiger partial charge in [-0.15, -0.1) is 0 Å². The number of piperidine rings is 1. The minimum Gasteiger partial charge on any atom is -0.338 e. The zero-order chi connectivity index (χ0) is 14.7. The van der Waals surface area contributed by atoms with Gasteiger partial charge in [-0.1, -0.05) is 15.9 Å². The number of hydrogen-bond acceptors (Lipinski definition) is 3. The van der Waals surface area contributed by atoms with E-state index < -0.39 is 16.6 Å². The summed E-state index contributed by atoms with van der Waals surface area (Å²) in [6.45, 7) is 1.09. The van der Waals surface area contributed by atoms with E-state index >= 15 is 0 Å². The van der Waals surface area contributed by atoms with E-state index in [9.17, 15) is 19.3 Å². The maximum absolute atomic E-state index is 13.3. The molecular formula is C13H14BrFN2O3. The second-order valence-electron chi connectivity index (χ2n) is 4.83. The fraction of sp³-hybridized carbons (Fsp3) is 0.462. The number of benzene rings is 1. The van der Waals surface area contributed by atoms with Crippen LogP contribution in [0.1, 0.15) is 23.2 Å². The predicted octanol–water partition coefficient (Wildman–Crippen LogP) is 2.98. The first-order valence-electron chi connectivity index (χ1n) is 6.32. The molecule has 0 saturated carbocycles. The third kappa shape index (κ3) is 3.15. The van der Waals surface area contributed by atoms with Gasteiger partial charge in [0.1, 0.15) is 11.4 Å². The summed E-state index contributed by atoms with van der Waals surface area (Å²) >= 11 is 3.39. The van der Waals surface area contributed by atoms with E-state index in [2.05, 4.69) is 15.9 Å². The topological polar surface area (TPSA) is 63.4 Å². The van der Waals surface area contributed by atoms with Crippen molar-refractivity contribution in [2.24, 2.45) is 5.92 Å². The van der Waals surface area contributed by atoms with Crippen molar-refractivity contribution in [3.8, 4) is 0 Å². The van der Waals surface area contributed by atoms with Gasteiger partial charge in [-0.25, -0.2) is 4.39 Å². The lowest BCUT2D eigenvalue weighted by atomic mass is 9.99. The lowest BCUT2D eigenvalue weighted by molar-refractivity contribution is -0.385. The Kier molecular flexibility index (Phi) is 4.69. The van der Waals surface area contributed by atoms with E-state index in [-0.39, 0.29) is 11.3 Å². The lowest BCUT2D eigenvalue weighted by Gasteiger charge is -2.31. The number of carbonyl (C=O) groups excluding carboxylic acids is 1. The summed E-state index contributed by atoms with van der Waals surface area (Å²) in [6, 6.07) is 2.97. The molecule has 2 rings (SSSR count). The maximum Gasteiger partial charge on any atom is 0.282 e. The van der Waals surface area contributed by atoms with Gasteiger partial charge in [0.05, 0.1) is 4.92 Å². The summed E-state index contributed by atoms with van der Waals surface area (Å²) in [5, 5.41) is 11.7. The lowest BCUT2D eigenvalue weighted by Crippen LogP contribution is -2.40. The van der Waals surface area contributed by atoms with E-state index in [0.29, 0.717) is 19.0 Å². The number of nitro benzene ring substituents is 1. The third-order valence-corrected chi connectivity index (χ3v) is 4.33. The van der Waals surface area contributed by atoms with Crippen molar-refractivity contribution in [3.05, 3.63) is 39.7 Å². The highest BCUT2D eigenvalue weighted by molar-refractivity contribution is 9.09. The van der Waals surface area contributed by atoms with Crippen molar-refractivity contribution in [1.82, 2.24) is 4.90 Å². The molecule has 1 amide bonds. The van der Waals surface area contributed by atoms with Crippen molar-refractivity contribution in [1.29, 1.82) is 0 Å². The molecule has 0 spiro atoms. The summed E-state index contributed by atoms with van der Waals surface area (Å²) in [5.74, 6) is -0.782. The van der Waals surface area contributed by atoms with Gasteiger partial charge in [-0.05, 0) is 30.9 Å². The van der Waals surface area contributed by atoms with Gasteiger partial charge in [0.2, 0.25) is 0 Å². The molecule has 1 aromatic rings. The summed E-state index contributed by atoms with van der Waals surface area (Å²) < 4.78 is 13.3. The standard InChI is InChI=1S/C13H14BrFN2O3/c14-7-9-2-1-5-16(8-9)13(18)11-6-10(15)3-4-12(11)17(19)20/h3-4,6,9H,1-2,5,7-8H2. The Morgan fingerprint density at radius 2 is 2.30 bits per heavy atom. The average Bonchev–Trinajstić information content (AvgIpc) is 2.46. The SMILES string of the molecule is O=C(c1cc(F)ccc1[N+](=O)[O-])N1CCCC(CBr)C1. The largest absolute Gasteiger partial charge is 0.338 e. The van der Waals surface area contributed by atoms with Gasteiger partial charge in [-0.2, -0.15) is 0 Å². The van der Waals surface area contributed by atoms with Crippen LogP contribution < -0.4 is 0 Å². The number of likely N-dealkylation sites (tertiary alicyclic amines) is 1. The zero-order valence-electron chi connectivity index (χ0n) is 10.7. The van der Waals surface area contributed by atoms with Crippen molar-refractivity contribution in [3.63, 3.8) is 0 Å². The smallest absolute Gasteiger partial charge is 0.282 e. The number of nitrogens with zero attached hydrogens (tertiary/aromatic N) is 2. The van der Waals surface area contributed by atoms with Gasteiger partial charge in [0, 0.05) is 24.5 Å². The van der Waals surface area contributed by atoms with Crippen LogP contribution in [0.3, 0.4) is 0 Å². The second kappa shape index (κ2) is 6.30. The monoisotopic (exact) mass is 344 g/mol. The average molecular weight is 345 g/mol. The summed E-state index contributed by atoms with van der Waals surface area (Å²) in [6.07, 6.45) is 1.87. The highest BCUT2D eigenvalue weighted by Crippen LogP contribution is 2.25. The highest BCUT2D eigenvalue weighted by atomic mass is 79.9. The fourth-order valence-electron chi connectivity index (χ4n) is 2.38. The van der Waals surface area contributed by atoms with Crippen molar-refractivity contribution < 1.29 is 14.1 Å². The first kappa shape index (κ1) is 14.9. The molecular weight excluding hydrogens is 331 g/mol. The van der Waals surface area contributed by atoms with Gasteiger partial charge >= 0.3 is 0 Å². The molecule has 0 aromatic heterocycles. The van der Waals surface area contributed by atoms with E-state index in [1.54, 1.807) is 4.90 Å². The zero-order valence-corrected chi connectivity index (χ0v) is 12.3. The van der Waals surface area contributed by atoms with Crippen LogP contribution in [0.15, 0.2) is 18.2 Å². The molecule has 20 heavy (non-hydrogen) atoms. The molecule has 0 radical (unpaired) electrons. The van der Waals surface area contributed by atoms with E-state index in [1.165, 1.54) is 0 Å². The quantitative estimate of drug-likeness (QED) is 0.481. The first-order valence-corrected chi connectivity index (χ1v) is 7.44. The Morgan fingerprint density at radius 1 is 1.55 bits per heavy atom. The Hall–Kier alpha value is -1.50. The van der Waals surface area contributed by atoms with Crippen LogP contribution >= 0.6 is 15.9 Å². The number of alkyl halides is 1. The molecule has 1 saturated heterocycles. The van der Waals surface area contributed by atoms with Gasteiger partial charge in [-0.3, -0.25) is 14.9 Å². The normalized spacial score (nSPS) is 18.9. The number of hydrogen-bond donors (Lipinski definition) is 0. The molecule has 0 bridgehead atoms. The first-order chi connectivity index (χ1) is 9.52. The van der Waals surface area contributed by atoms with Crippen LogP contribution in [0.25, 0.3) is 0 Å². The molecule has 1 unspecified atom stereocenters. The number of halogens is 2. The van der Waals surface area contributed by atoms with Gasteiger partial charge in [0.15, 0.2) is 0 Å². The molecule has 0 aliphatic carbocycles. The number of nitro groups is 1. The molecule has 108 valence electrons. The van der Waals surface area contributed by atoms with Gasteiger partial charge in [0.25, 0.3) is 11.6 Å². The van der Waals surface area contributed by atoms with E-state index in [4.69, 9.17) is 0 Å². The Bertz CT molecular complexity index is 538. The minimum absolute atomic E-state index is 0.176. The van der Waals surface area contributed by atoms with E-state index in [0.717, 1.165) is 36.4 Å². The summed E-state index contributed by atoms with van der Waals surface area (Å²) in [4.78, 5) is 24.2. The van der Waals surface area contributed by atoms with Crippen LogP contribution in [0.2, 0.25) is 0 Å². The van der Waals surface area contributed by atoms with Crippen LogP contribution in [0, 0.1) is 21.8 Å². The molecule has 7 heteroatoms. The van der Waals surface area contributed by atoms with Crippen LogP contribution in [0.4, 0.5) is 10.1 Å². The Labute approximate surface area is 124 Å². The van der Waals surface area contributed by atoms with Gasteiger partial charge < -0.3 is 4.90 Å². The van der Waals surface area contributed by atoms with Crippen molar-refractivity contribution >= 4 is 27.5 Å². The van der Waals surface area contributed by atoms with Crippen molar-refractivity contribution in [2.75, 3.05) is 18.4 Å². The molecule has 1 atom stereocenters. The molecule has 5 nitrogen and oxygen atoms in total. The maximum atomic E-state index is 13.3. The minimum atomic E-state index is -0.654. The predicted molar refractivity (Wildman–Crippen MR) is 75.5 cm³/mol. The fourth-order valence-corrected chi connectivity index (χ4v) is 2.91. The molecule has 1 aliphatic rings. The Balaban J connectivity index is 2.28. The second-order valence-corrected chi connectivity index (χ2v) is 5.48. The number of amides is 1. The molecule has 1 fully saturated rings. The Morgan fingerprint density at radius 3 is 2.95 bits per heavy atom. The number of carbonyl (C=O) groups is 1. The third-order valence-electron chi connectivity index (χ3n) is 3.41. The molecule has 1 heterocycles. The summed E-state index contributed by atoms with van der Waals surface area (Å²) in [5.41, 5.74) is -0.525. The molecule has 0 N–H and O–H groups in total. The van der Waals surface area contributed by atoms with Crippen molar-refractivity contribution in [2.45, 2.75) is 12.8 Å². The summed E-state index contributed by atoms with van der Waals surface area (Å²) in [7, 11) is 0. The van der Waals surface area contributed by atoms with E-state index in [1.807, 2.05) is 0 Å². The number of rotatable bonds is 3. The highest BCUT2D eigenvalue weighted by Gasteiger charge is 2.28. The van der Waals surface area contributed by atoms with Crippen LogP contribution in [-0.2, 0) is 0 Å². The molecule has 1 aliphatic heterocycles. The molecule has 1 aromatic carbocycles. The van der Waals surface area contributed by atoms with Crippen LogP contribution in [-0.4, -0.2) is 34.2 Å².